The molecule has 0 saturated carbocycles. The van der Waals surface area contributed by atoms with Crippen molar-refractivity contribution in [2.24, 2.45) is 7.05 Å². The lowest BCUT2D eigenvalue weighted by atomic mass is 9.90. The number of hydrogen-bond donors (Lipinski definition) is 1. The first-order valence-electron chi connectivity index (χ1n) is 4.90. The second-order valence-corrected chi connectivity index (χ2v) is 4.00. The van der Waals surface area contributed by atoms with Crippen LogP contribution in [0.25, 0.3) is 0 Å². The Labute approximate surface area is 86.1 Å². The molecular formula is C10H13F3N2. The molecular weight excluding hydrogens is 205 g/mol. The standard InChI is InChI=1S/C10H13F3N2/c1-15-6-3-8(7-15)9(10(11,12)13)4-2-5-14-9/h3,6-7,14H,2,4-5H2,1H3. The summed E-state index contributed by atoms with van der Waals surface area (Å²) in [6, 6.07) is 1.53. The Morgan fingerprint density at radius 3 is 2.60 bits per heavy atom. The Kier molecular flexibility index (Phi) is 2.30. The molecule has 1 aliphatic rings. The molecule has 2 heterocycles. The molecule has 5 heteroatoms. The summed E-state index contributed by atoms with van der Waals surface area (Å²) in [6.45, 7) is 0.425. The number of halogens is 3. The number of nitrogens with zero attached hydrogens (tertiary/aromatic N) is 1. The van der Waals surface area contributed by atoms with Gasteiger partial charge >= 0.3 is 6.18 Å². The van der Waals surface area contributed by atoms with E-state index in [2.05, 4.69) is 5.32 Å². The van der Waals surface area contributed by atoms with Gasteiger partial charge in [0.25, 0.3) is 0 Å². The molecule has 2 nitrogen and oxygen atoms in total. The van der Waals surface area contributed by atoms with Crippen molar-refractivity contribution < 1.29 is 13.2 Å². The van der Waals surface area contributed by atoms with Gasteiger partial charge in [0.15, 0.2) is 0 Å². The minimum Gasteiger partial charge on any atom is -0.357 e. The number of alkyl halides is 3. The summed E-state index contributed by atoms with van der Waals surface area (Å²) in [5.74, 6) is 0. The molecule has 1 atom stereocenters. The maximum Gasteiger partial charge on any atom is 0.410 e. The lowest BCUT2D eigenvalue weighted by molar-refractivity contribution is -0.196. The highest BCUT2D eigenvalue weighted by molar-refractivity contribution is 5.26. The third-order valence-corrected chi connectivity index (χ3v) is 2.96. The predicted molar refractivity (Wildman–Crippen MR) is 50.4 cm³/mol. The van der Waals surface area contributed by atoms with E-state index in [0.29, 0.717) is 18.5 Å². The molecule has 15 heavy (non-hydrogen) atoms. The number of aryl methyl sites for hydroxylation is 1. The van der Waals surface area contributed by atoms with Gasteiger partial charge in [0, 0.05) is 19.4 Å². The quantitative estimate of drug-likeness (QED) is 0.764. The lowest BCUT2D eigenvalue weighted by Crippen LogP contribution is -2.49. The molecule has 1 aliphatic heterocycles. The van der Waals surface area contributed by atoms with E-state index in [1.165, 1.54) is 12.3 Å². The van der Waals surface area contributed by atoms with E-state index in [9.17, 15) is 13.2 Å². The van der Waals surface area contributed by atoms with Gasteiger partial charge in [0.1, 0.15) is 5.54 Å². The first kappa shape index (κ1) is 10.5. The number of hydrogen-bond acceptors (Lipinski definition) is 1. The minimum atomic E-state index is -4.23. The fraction of sp³-hybridized carbons (Fsp3) is 0.600. The van der Waals surface area contributed by atoms with Crippen molar-refractivity contribution >= 4 is 0 Å². The molecule has 1 fully saturated rings. The molecule has 1 saturated heterocycles. The Balaban J connectivity index is 2.43. The Morgan fingerprint density at radius 1 is 1.47 bits per heavy atom. The van der Waals surface area contributed by atoms with E-state index in [1.807, 2.05) is 0 Å². The first-order valence-corrected chi connectivity index (χ1v) is 4.90. The molecule has 0 amide bonds. The monoisotopic (exact) mass is 218 g/mol. The molecule has 1 aromatic heterocycles. The van der Waals surface area contributed by atoms with Crippen LogP contribution in [-0.4, -0.2) is 17.3 Å². The summed E-state index contributed by atoms with van der Waals surface area (Å²) >= 11 is 0. The van der Waals surface area contributed by atoms with Gasteiger partial charge in [-0.1, -0.05) is 0 Å². The van der Waals surface area contributed by atoms with Crippen LogP contribution in [0, 0.1) is 0 Å². The number of nitrogens with one attached hydrogen (secondary N) is 1. The molecule has 0 radical (unpaired) electrons. The van der Waals surface area contributed by atoms with Crippen LogP contribution in [0.15, 0.2) is 18.5 Å². The average molecular weight is 218 g/mol. The van der Waals surface area contributed by atoms with Crippen LogP contribution in [-0.2, 0) is 12.6 Å². The van der Waals surface area contributed by atoms with Crippen LogP contribution in [0.3, 0.4) is 0 Å². The zero-order valence-electron chi connectivity index (χ0n) is 8.43. The summed E-state index contributed by atoms with van der Waals surface area (Å²) in [5.41, 5.74) is -1.51. The molecule has 2 rings (SSSR count). The Morgan fingerprint density at radius 2 is 2.20 bits per heavy atom. The Bertz CT molecular complexity index is 348. The normalized spacial score (nSPS) is 27.2. The van der Waals surface area contributed by atoms with Crippen molar-refractivity contribution in [1.29, 1.82) is 0 Å². The molecule has 84 valence electrons. The van der Waals surface area contributed by atoms with Gasteiger partial charge in [-0.2, -0.15) is 13.2 Å². The van der Waals surface area contributed by atoms with E-state index in [1.54, 1.807) is 17.8 Å². The number of rotatable bonds is 1. The van der Waals surface area contributed by atoms with E-state index in [-0.39, 0.29) is 6.42 Å². The van der Waals surface area contributed by atoms with Gasteiger partial charge in [0.2, 0.25) is 0 Å². The molecule has 0 bridgehead atoms. The highest BCUT2D eigenvalue weighted by atomic mass is 19.4. The summed E-state index contributed by atoms with van der Waals surface area (Å²) in [5, 5.41) is 2.60. The third-order valence-electron chi connectivity index (χ3n) is 2.96. The molecule has 0 aromatic carbocycles. The smallest absolute Gasteiger partial charge is 0.357 e. The van der Waals surface area contributed by atoms with Crippen molar-refractivity contribution in [2.45, 2.75) is 24.6 Å². The van der Waals surface area contributed by atoms with Crippen molar-refractivity contribution in [3.05, 3.63) is 24.0 Å². The van der Waals surface area contributed by atoms with Crippen LogP contribution >= 0.6 is 0 Å². The van der Waals surface area contributed by atoms with Crippen LogP contribution < -0.4 is 5.32 Å². The summed E-state index contributed by atoms with van der Waals surface area (Å²) in [6.07, 6.45) is -0.367. The van der Waals surface area contributed by atoms with E-state index in [0.717, 1.165) is 0 Å². The topological polar surface area (TPSA) is 17.0 Å². The zero-order chi connectivity index (χ0) is 11.1. The first-order chi connectivity index (χ1) is 6.96. The molecule has 0 spiro atoms. The summed E-state index contributed by atoms with van der Waals surface area (Å²) in [4.78, 5) is 0. The van der Waals surface area contributed by atoms with Crippen LogP contribution in [0.5, 0.6) is 0 Å². The second kappa shape index (κ2) is 3.27. The van der Waals surface area contributed by atoms with Crippen molar-refractivity contribution in [2.75, 3.05) is 6.54 Å². The van der Waals surface area contributed by atoms with E-state index < -0.39 is 11.7 Å². The fourth-order valence-electron chi connectivity index (χ4n) is 2.15. The third kappa shape index (κ3) is 1.55. The van der Waals surface area contributed by atoms with Gasteiger partial charge in [-0.05, 0) is 31.0 Å². The highest BCUT2D eigenvalue weighted by Crippen LogP contribution is 2.44. The predicted octanol–water partition coefficient (Wildman–Crippen LogP) is 2.17. The molecule has 1 aromatic rings. The van der Waals surface area contributed by atoms with Crippen LogP contribution in [0.4, 0.5) is 13.2 Å². The Hall–Kier alpha value is -0.970. The average Bonchev–Trinajstić information content (AvgIpc) is 2.69. The van der Waals surface area contributed by atoms with Gasteiger partial charge < -0.3 is 4.57 Å². The van der Waals surface area contributed by atoms with Crippen molar-refractivity contribution in [3.8, 4) is 0 Å². The summed E-state index contributed by atoms with van der Waals surface area (Å²) in [7, 11) is 1.72. The molecule has 0 aliphatic carbocycles. The van der Waals surface area contributed by atoms with Crippen molar-refractivity contribution in [1.82, 2.24) is 9.88 Å². The molecule has 1 unspecified atom stereocenters. The van der Waals surface area contributed by atoms with Crippen LogP contribution in [0.2, 0.25) is 0 Å². The van der Waals surface area contributed by atoms with Gasteiger partial charge in [0.05, 0.1) is 0 Å². The van der Waals surface area contributed by atoms with Gasteiger partial charge in [-0.25, -0.2) is 0 Å². The minimum absolute atomic E-state index is 0.126. The lowest BCUT2D eigenvalue weighted by Gasteiger charge is -2.31. The van der Waals surface area contributed by atoms with Gasteiger partial charge in [-0.15, -0.1) is 0 Å². The highest BCUT2D eigenvalue weighted by Gasteiger charge is 2.57. The van der Waals surface area contributed by atoms with E-state index in [4.69, 9.17) is 0 Å². The largest absolute Gasteiger partial charge is 0.410 e. The SMILES string of the molecule is Cn1ccc(C2(C(F)(F)F)CCCN2)c1. The maximum atomic E-state index is 13.0. The fourth-order valence-corrected chi connectivity index (χ4v) is 2.15. The maximum absolute atomic E-state index is 13.0. The molecule has 1 N–H and O–H groups in total. The number of aromatic nitrogens is 1. The second-order valence-electron chi connectivity index (χ2n) is 4.00. The van der Waals surface area contributed by atoms with Crippen LogP contribution in [0.1, 0.15) is 18.4 Å². The zero-order valence-corrected chi connectivity index (χ0v) is 8.43. The van der Waals surface area contributed by atoms with Gasteiger partial charge in [-0.3, -0.25) is 5.32 Å². The van der Waals surface area contributed by atoms with Crippen molar-refractivity contribution in [3.63, 3.8) is 0 Å². The van der Waals surface area contributed by atoms with E-state index >= 15 is 0 Å². The summed E-state index contributed by atoms with van der Waals surface area (Å²) < 4.78 is 40.8.